The monoisotopic (exact) mass is 272 g/mol. The van der Waals surface area contributed by atoms with Gasteiger partial charge in [0.15, 0.2) is 0 Å². The van der Waals surface area contributed by atoms with Crippen LogP contribution in [0.25, 0.3) is 0 Å². The smallest absolute Gasteiger partial charge is 0.315 e. The predicted octanol–water partition coefficient (Wildman–Crippen LogP) is -0.541. The number of rotatable bonds is 4. The van der Waals surface area contributed by atoms with Crippen LogP contribution in [0.5, 0.6) is 0 Å². The van der Waals surface area contributed by atoms with Crippen LogP contribution in [-0.2, 0) is 19.1 Å². The summed E-state index contributed by atoms with van der Waals surface area (Å²) in [5.41, 5.74) is 0. The Morgan fingerprint density at radius 3 is 2.47 bits per heavy atom. The van der Waals surface area contributed by atoms with Crippen LogP contribution in [0.2, 0.25) is 0 Å². The van der Waals surface area contributed by atoms with Crippen molar-refractivity contribution in [3.8, 4) is 0 Å². The summed E-state index contributed by atoms with van der Waals surface area (Å²) in [5, 5.41) is 11.6. The van der Waals surface area contributed by atoms with Crippen LogP contribution in [-0.4, -0.2) is 59.6 Å². The Kier molecular flexibility index (Phi) is 5.29. The van der Waals surface area contributed by atoms with Gasteiger partial charge in [-0.1, -0.05) is 0 Å². The van der Waals surface area contributed by atoms with Gasteiger partial charge in [-0.15, -0.1) is 0 Å². The lowest BCUT2D eigenvalue weighted by molar-refractivity contribution is -0.158. The van der Waals surface area contributed by atoms with Crippen molar-refractivity contribution in [1.29, 1.82) is 0 Å². The molecule has 1 heterocycles. The first kappa shape index (κ1) is 15.4. The second kappa shape index (κ2) is 6.51. The van der Waals surface area contributed by atoms with E-state index in [2.05, 4.69) is 5.32 Å². The molecule has 1 aliphatic rings. The van der Waals surface area contributed by atoms with E-state index < -0.39 is 23.8 Å². The van der Waals surface area contributed by atoms with Crippen LogP contribution in [0.1, 0.15) is 20.8 Å². The second-order valence-electron chi connectivity index (χ2n) is 4.85. The van der Waals surface area contributed by atoms with Gasteiger partial charge in [-0.05, 0) is 20.8 Å². The third-order valence-corrected chi connectivity index (χ3v) is 2.89. The summed E-state index contributed by atoms with van der Waals surface area (Å²) in [5.74, 6) is -3.23. The first-order chi connectivity index (χ1) is 8.84. The molecule has 0 bridgehead atoms. The van der Waals surface area contributed by atoms with E-state index in [1.54, 1.807) is 0 Å². The molecular weight excluding hydrogens is 252 g/mol. The zero-order valence-corrected chi connectivity index (χ0v) is 11.4. The molecule has 0 radical (unpaired) electrons. The number of carbonyl (C=O) groups is 3. The molecule has 1 aliphatic heterocycles. The summed E-state index contributed by atoms with van der Waals surface area (Å²) in [6.07, 6.45) is 0. The highest BCUT2D eigenvalue weighted by atomic mass is 16.5. The molecule has 0 aromatic rings. The van der Waals surface area contributed by atoms with Crippen molar-refractivity contribution in [2.45, 2.75) is 32.9 Å². The van der Waals surface area contributed by atoms with Crippen LogP contribution in [0.3, 0.4) is 0 Å². The van der Waals surface area contributed by atoms with E-state index in [0.717, 1.165) is 0 Å². The van der Waals surface area contributed by atoms with Gasteiger partial charge in [-0.25, -0.2) is 0 Å². The van der Waals surface area contributed by atoms with E-state index in [4.69, 9.17) is 9.84 Å². The number of hydrogen-bond acceptors (Lipinski definition) is 4. The van der Waals surface area contributed by atoms with E-state index >= 15 is 0 Å². The number of nitrogens with one attached hydrogen (secondary N) is 1. The number of carboxylic acid groups (broad SMARTS) is 1. The molecule has 1 fully saturated rings. The van der Waals surface area contributed by atoms with Crippen LogP contribution in [0.4, 0.5) is 0 Å². The normalized spacial score (nSPS) is 21.1. The molecule has 2 atom stereocenters. The number of nitrogens with zero attached hydrogens (tertiary/aromatic N) is 1. The molecule has 0 saturated carbocycles. The molecular formula is C12H20N2O5. The maximum absolute atomic E-state index is 12.0. The summed E-state index contributed by atoms with van der Waals surface area (Å²) < 4.78 is 5.20. The van der Waals surface area contributed by atoms with E-state index in [1.807, 2.05) is 13.8 Å². The Labute approximate surface area is 111 Å². The number of carboxylic acids is 1. The number of morpholine rings is 1. The summed E-state index contributed by atoms with van der Waals surface area (Å²) in [4.78, 5) is 36.2. The van der Waals surface area contributed by atoms with E-state index in [0.29, 0.717) is 6.61 Å². The first-order valence-electron chi connectivity index (χ1n) is 6.26. The van der Waals surface area contributed by atoms with Crippen molar-refractivity contribution in [2.75, 3.05) is 19.8 Å². The predicted molar refractivity (Wildman–Crippen MR) is 66.4 cm³/mol. The summed E-state index contributed by atoms with van der Waals surface area (Å²) in [6.45, 7) is 5.57. The number of carbonyl (C=O) groups excluding carboxylic acids is 2. The van der Waals surface area contributed by atoms with Crippen molar-refractivity contribution in [2.24, 2.45) is 5.92 Å². The van der Waals surface area contributed by atoms with E-state index in [9.17, 15) is 14.4 Å². The van der Waals surface area contributed by atoms with Gasteiger partial charge in [0.05, 0.1) is 13.2 Å². The van der Waals surface area contributed by atoms with Crippen molar-refractivity contribution in [3.63, 3.8) is 0 Å². The van der Waals surface area contributed by atoms with Gasteiger partial charge >= 0.3 is 5.97 Å². The summed E-state index contributed by atoms with van der Waals surface area (Å²) in [7, 11) is 0. The SMILES string of the molecule is CC(C)NC(=O)C1COCCN1C(=O)C(C)C(=O)O. The van der Waals surface area contributed by atoms with Crippen LogP contribution >= 0.6 is 0 Å². The highest BCUT2D eigenvalue weighted by Crippen LogP contribution is 2.12. The molecule has 0 spiro atoms. The topological polar surface area (TPSA) is 95.9 Å². The maximum Gasteiger partial charge on any atom is 0.315 e. The molecule has 19 heavy (non-hydrogen) atoms. The quantitative estimate of drug-likeness (QED) is 0.670. The molecule has 7 heteroatoms. The van der Waals surface area contributed by atoms with Crippen molar-refractivity contribution in [1.82, 2.24) is 10.2 Å². The van der Waals surface area contributed by atoms with Crippen molar-refractivity contribution in [3.05, 3.63) is 0 Å². The molecule has 0 aromatic heterocycles. The van der Waals surface area contributed by atoms with Gasteiger partial charge < -0.3 is 20.1 Å². The molecule has 0 aliphatic carbocycles. The van der Waals surface area contributed by atoms with Gasteiger partial charge in [0.1, 0.15) is 12.0 Å². The van der Waals surface area contributed by atoms with Gasteiger partial charge in [0, 0.05) is 12.6 Å². The second-order valence-corrected chi connectivity index (χ2v) is 4.85. The number of amides is 2. The molecule has 1 rings (SSSR count). The van der Waals surface area contributed by atoms with Gasteiger partial charge in [-0.2, -0.15) is 0 Å². The lowest BCUT2D eigenvalue weighted by Gasteiger charge is -2.35. The Hall–Kier alpha value is -1.63. The molecule has 2 N–H and O–H groups in total. The molecule has 0 aromatic carbocycles. The third-order valence-electron chi connectivity index (χ3n) is 2.89. The van der Waals surface area contributed by atoms with Gasteiger partial charge in [0.25, 0.3) is 0 Å². The van der Waals surface area contributed by atoms with Crippen LogP contribution in [0, 0.1) is 5.92 Å². The van der Waals surface area contributed by atoms with Gasteiger partial charge in [-0.3, -0.25) is 14.4 Å². The van der Waals surface area contributed by atoms with E-state index in [1.165, 1.54) is 11.8 Å². The lowest BCUT2D eigenvalue weighted by atomic mass is 10.1. The zero-order valence-electron chi connectivity index (χ0n) is 11.4. The highest BCUT2D eigenvalue weighted by molar-refractivity contribution is 5.98. The average Bonchev–Trinajstić information content (AvgIpc) is 2.36. The number of ether oxygens (including phenoxy) is 1. The molecule has 2 amide bonds. The summed E-state index contributed by atoms with van der Waals surface area (Å²) in [6, 6.07) is -0.811. The Balaban J connectivity index is 2.80. The van der Waals surface area contributed by atoms with Crippen molar-refractivity contribution < 1.29 is 24.2 Å². The highest BCUT2D eigenvalue weighted by Gasteiger charge is 2.36. The molecule has 108 valence electrons. The van der Waals surface area contributed by atoms with Crippen LogP contribution < -0.4 is 5.32 Å². The zero-order chi connectivity index (χ0) is 14.6. The molecule has 1 saturated heterocycles. The van der Waals surface area contributed by atoms with Gasteiger partial charge in [0.2, 0.25) is 11.8 Å². The lowest BCUT2D eigenvalue weighted by Crippen LogP contribution is -2.58. The largest absolute Gasteiger partial charge is 0.481 e. The minimum atomic E-state index is -1.19. The first-order valence-corrected chi connectivity index (χ1v) is 6.26. The Bertz CT molecular complexity index is 369. The number of aliphatic carboxylic acids is 1. The molecule has 7 nitrogen and oxygen atoms in total. The average molecular weight is 272 g/mol. The Morgan fingerprint density at radius 2 is 1.95 bits per heavy atom. The molecule has 2 unspecified atom stereocenters. The standard InChI is InChI=1S/C12H20N2O5/c1-7(2)13-10(15)9-6-19-5-4-14(9)11(16)8(3)12(17)18/h7-9H,4-6H2,1-3H3,(H,13,15)(H,17,18). The fourth-order valence-corrected chi connectivity index (χ4v) is 1.82. The minimum absolute atomic E-state index is 0.0525. The van der Waals surface area contributed by atoms with Crippen LogP contribution in [0.15, 0.2) is 0 Å². The Morgan fingerprint density at radius 1 is 1.32 bits per heavy atom. The van der Waals surface area contributed by atoms with Crippen molar-refractivity contribution >= 4 is 17.8 Å². The fourth-order valence-electron chi connectivity index (χ4n) is 1.82. The number of hydrogen-bond donors (Lipinski definition) is 2. The fraction of sp³-hybridized carbons (Fsp3) is 0.750. The maximum atomic E-state index is 12.0. The summed E-state index contributed by atoms with van der Waals surface area (Å²) >= 11 is 0. The third kappa shape index (κ3) is 3.92. The van der Waals surface area contributed by atoms with E-state index in [-0.39, 0.29) is 25.1 Å². The minimum Gasteiger partial charge on any atom is -0.481 e.